The van der Waals surface area contributed by atoms with Crippen LogP contribution in [0.25, 0.3) is 0 Å². The van der Waals surface area contributed by atoms with Crippen molar-refractivity contribution in [2.45, 2.75) is 32.1 Å². The van der Waals surface area contributed by atoms with Gasteiger partial charge in [-0.1, -0.05) is 0 Å². The molecule has 1 aromatic heterocycles. The molecule has 2 heterocycles. The number of halogens is 3. The van der Waals surface area contributed by atoms with Crippen LogP contribution in [0, 0.1) is 0 Å². The summed E-state index contributed by atoms with van der Waals surface area (Å²) in [5, 5.41) is 3.33. The lowest BCUT2D eigenvalue weighted by atomic mass is 10.1. The third kappa shape index (κ3) is 2.75. The van der Waals surface area contributed by atoms with Gasteiger partial charge in [-0.25, -0.2) is 4.98 Å². The first-order chi connectivity index (χ1) is 8.38. The van der Waals surface area contributed by atoms with Gasteiger partial charge in [0.05, 0.1) is 11.9 Å². The van der Waals surface area contributed by atoms with Crippen molar-refractivity contribution in [1.82, 2.24) is 10.3 Å². The molecule has 0 radical (unpaired) electrons. The summed E-state index contributed by atoms with van der Waals surface area (Å²) in [4.78, 5) is 5.58. The van der Waals surface area contributed by atoms with Crippen molar-refractivity contribution in [3.8, 4) is 0 Å². The number of nitrogens with one attached hydrogen (secondary N) is 1. The number of aromatic nitrogens is 1. The van der Waals surface area contributed by atoms with Crippen LogP contribution in [0.3, 0.4) is 0 Å². The largest absolute Gasteiger partial charge is 0.433 e. The van der Waals surface area contributed by atoms with Gasteiger partial charge in [-0.3, -0.25) is 0 Å². The number of hydrogen-bond acceptors (Lipinski definition) is 3. The number of anilines is 1. The maximum absolute atomic E-state index is 12.4. The molecule has 18 heavy (non-hydrogen) atoms. The fraction of sp³-hybridized carbons (Fsp3) is 0.583. The van der Waals surface area contributed by atoms with Crippen LogP contribution in [0.15, 0.2) is 18.3 Å². The van der Waals surface area contributed by atoms with Crippen LogP contribution in [-0.2, 0) is 6.18 Å². The molecule has 1 saturated heterocycles. The molecule has 2 rings (SSSR count). The van der Waals surface area contributed by atoms with Gasteiger partial charge in [0.2, 0.25) is 0 Å². The van der Waals surface area contributed by atoms with Gasteiger partial charge in [0, 0.05) is 25.2 Å². The van der Waals surface area contributed by atoms with Crippen LogP contribution in [0.4, 0.5) is 18.9 Å². The Kier molecular flexibility index (Phi) is 3.47. The Balaban J connectivity index is 2.18. The molecule has 0 aliphatic carbocycles. The van der Waals surface area contributed by atoms with Gasteiger partial charge in [-0.2, -0.15) is 13.2 Å². The predicted octanol–water partition coefficient (Wildman–Crippen LogP) is 2.29. The van der Waals surface area contributed by atoms with E-state index in [0.29, 0.717) is 6.04 Å². The van der Waals surface area contributed by atoms with E-state index in [0.717, 1.165) is 24.8 Å². The van der Waals surface area contributed by atoms with E-state index in [1.54, 1.807) is 0 Å². The first-order valence-corrected chi connectivity index (χ1v) is 5.91. The van der Waals surface area contributed by atoms with Crippen LogP contribution in [0.5, 0.6) is 0 Å². The summed E-state index contributed by atoms with van der Waals surface area (Å²) in [5.41, 5.74) is -0.106. The lowest BCUT2D eigenvalue weighted by Gasteiger charge is -2.39. The van der Waals surface area contributed by atoms with E-state index in [1.165, 1.54) is 12.3 Å². The molecule has 0 aromatic carbocycles. The molecule has 6 heteroatoms. The Morgan fingerprint density at radius 3 is 2.61 bits per heavy atom. The Bertz CT molecular complexity index is 402. The number of alkyl halides is 3. The van der Waals surface area contributed by atoms with Crippen LogP contribution in [0.2, 0.25) is 0 Å². The Morgan fingerprint density at radius 1 is 1.33 bits per heavy atom. The normalized spacial score (nSPS) is 25.3. The molecular formula is C12H16F3N3. The third-order valence-corrected chi connectivity index (χ3v) is 3.13. The molecule has 0 bridgehead atoms. The zero-order valence-corrected chi connectivity index (χ0v) is 10.3. The second kappa shape index (κ2) is 4.76. The molecule has 0 spiro atoms. The molecule has 0 saturated carbocycles. The van der Waals surface area contributed by atoms with Crippen molar-refractivity contribution in [2.75, 3.05) is 18.0 Å². The molecule has 3 nitrogen and oxygen atoms in total. The predicted molar refractivity (Wildman–Crippen MR) is 63.5 cm³/mol. The summed E-state index contributed by atoms with van der Waals surface area (Å²) in [6.07, 6.45) is -3.07. The smallest absolute Gasteiger partial charge is 0.365 e. The number of nitrogens with zero attached hydrogens (tertiary/aromatic N) is 2. The van der Waals surface area contributed by atoms with Crippen molar-refractivity contribution in [3.63, 3.8) is 0 Å². The van der Waals surface area contributed by atoms with E-state index in [4.69, 9.17) is 0 Å². The van der Waals surface area contributed by atoms with Gasteiger partial charge in [-0.15, -0.1) is 0 Å². The fourth-order valence-corrected chi connectivity index (χ4v) is 2.11. The number of pyridine rings is 1. The molecule has 2 atom stereocenters. The molecule has 100 valence electrons. The van der Waals surface area contributed by atoms with Gasteiger partial charge in [0.25, 0.3) is 0 Å². The zero-order valence-electron chi connectivity index (χ0n) is 10.3. The van der Waals surface area contributed by atoms with Crippen LogP contribution < -0.4 is 10.2 Å². The highest BCUT2D eigenvalue weighted by Gasteiger charge is 2.32. The van der Waals surface area contributed by atoms with Gasteiger partial charge < -0.3 is 10.2 Å². The van der Waals surface area contributed by atoms with Crippen LogP contribution in [-0.4, -0.2) is 30.2 Å². The van der Waals surface area contributed by atoms with Gasteiger partial charge in [-0.05, 0) is 26.0 Å². The molecule has 1 fully saturated rings. The Morgan fingerprint density at radius 2 is 2.06 bits per heavy atom. The van der Waals surface area contributed by atoms with E-state index in [1.807, 2.05) is 6.92 Å². The highest BCUT2D eigenvalue weighted by atomic mass is 19.4. The standard InChI is InChI=1S/C12H16F3N3/c1-8-7-18(9(2)5-16-8)10-3-4-11(17-6-10)12(13,14)15/h3-4,6,8-9,16H,5,7H2,1-2H3. The topological polar surface area (TPSA) is 28.2 Å². The SMILES string of the molecule is CC1CN(c2ccc(C(F)(F)F)nc2)C(C)CN1. The molecular weight excluding hydrogens is 243 g/mol. The molecule has 1 N–H and O–H groups in total. The van der Waals surface area contributed by atoms with Crippen molar-refractivity contribution in [2.24, 2.45) is 0 Å². The van der Waals surface area contributed by atoms with Crippen LogP contribution >= 0.6 is 0 Å². The van der Waals surface area contributed by atoms with Gasteiger partial charge >= 0.3 is 6.18 Å². The number of piperazine rings is 1. The van der Waals surface area contributed by atoms with Crippen LogP contribution in [0.1, 0.15) is 19.5 Å². The molecule has 0 amide bonds. The van der Waals surface area contributed by atoms with Crippen molar-refractivity contribution < 1.29 is 13.2 Å². The Hall–Kier alpha value is -1.30. The lowest BCUT2D eigenvalue weighted by molar-refractivity contribution is -0.141. The van der Waals surface area contributed by atoms with E-state index in [9.17, 15) is 13.2 Å². The quantitative estimate of drug-likeness (QED) is 0.838. The highest BCUT2D eigenvalue weighted by Crippen LogP contribution is 2.29. The average Bonchev–Trinajstić information content (AvgIpc) is 2.31. The monoisotopic (exact) mass is 259 g/mol. The lowest BCUT2D eigenvalue weighted by Crippen LogP contribution is -2.54. The summed E-state index contributed by atoms with van der Waals surface area (Å²) in [7, 11) is 0. The van der Waals surface area contributed by atoms with E-state index in [2.05, 4.69) is 22.1 Å². The second-order valence-electron chi connectivity index (χ2n) is 4.71. The molecule has 1 aliphatic rings. The first kappa shape index (κ1) is 13.1. The second-order valence-corrected chi connectivity index (χ2v) is 4.71. The summed E-state index contributed by atoms with van der Waals surface area (Å²) in [6.45, 7) is 5.68. The maximum Gasteiger partial charge on any atom is 0.433 e. The fourth-order valence-electron chi connectivity index (χ4n) is 2.11. The molecule has 1 aliphatic heterocycles. The minimum absolute atomic E-state index is 0.250. The summed E-state index contributed by atoms with van der Waals surface area (Å²) < 4.78 is 37.2. The van der Waals surface area contributed by atoms with Crippen molar-refractivity contribution >= 4 is 5.69 Å². The van der Waals surface area contributed by atoms with Gasteiger partial charge in [0.15, 0.2) is 0 Å². The molecule has 2 unspecified atom stereocenters. The van der Waals surface area contributed by atoms with E-state index < -0.39 is 11.9 Å². The highest BCUT2D eigenvalue weighted by molar-refractivity contribution is 5.46. The van der Waals surface area contributed by atoms with Crippen molar-refractivity contribution in [3.05, 3.63) is 24.0 Å². The summed E-state index contributed by atoms with van der Waals surface area (Å²) >= 11 is 0. The first-order valence-electron chi connectivity index (χ1n) is 5.91. The summed E-state index contributed by atoms with van der Waals surface area (Å²) in [5.74, 6) is 0. The van der Waals surface area contributed by atoms with Crippen molar-refractivity contribution in [1.29, 1.82) is 0 Å². The average molecular weight is 259 g/mol. The minimum atomic E-state index is -4.37. The third-order valence-electron chi connectivity index (χ3n) is 3.13. The molecule has 1 aromatic rings. The van der Waals surface area contributed by atoms with E-state index in [-0.39, 0.29) is 6.04 Å². The van der Waals surface area contributed by atoms with E-state index >= 15 is 0 Å². The number of hydrogen-bond donors (Lipinski definition) is 1. The number of rotatable bonds is 1. The zero-order chi connectivity index (χ0) is 13.3. The summed E-state index contributed by atoms with van der Waals surface area (Å²) in [6, 6.07) is 3.10. The van der Waals surface area contributed by atoms with Gasteiger partial charge in [0.1, 0.15) is 5.69 Å². The maximum atomic E-state index is 12.4. The minimum Gasteiger partial charge on any atom is -0.365 e. The Labute approximate surface area is 104 Å².